The monoisotopic (exact) mass is 452 g/mol. The third-order valence-corrected chi connectivity index (χ3v) is 4.58. The van der Waals surface area contributed by atoms with Crippen molar-refractivity contribution in [1.82, 2.24) is 4.98 Å². The van der Waals surface area contributed by atoms with Gasteiger partial charge in [0.05, 0.1) is 40.3 Å². The number of hydrogen-bond donors (Lipinski definition) is 1. The number of carbonyl (C=O) groups excluding carboxylic acids is 1. The maximum absolute atomic E-state index is 12.3. The summed E-state index contributed by atoms with van der Waals surface area (Å²) in [5.41, 5.74) is 2.71. The third kappa shape index (κ3) is 5.15. The topological polar surface area (TPSA) is 45.2 Å². The molecule has 1 aliphatic rings. The molecule has 0 saturated carbocycles. The zero-order valence-corrected chi connectivity index (χ0v) is 17.2. The van der Waals surface area contributed by atoms with Crippen molar-refractivity contribution in [3.63, 3.8) is 0 Å². The molecule has 1 aromatic carbocycles. The Hall–Kier alpha value is -1.67. The Morgan fingerprint density at radius 2 is 1.72 bits per heavy atom. The standard InChI is InChI=1S/C19H24N4O.HI/c1-15-5-4-6-18(20-15)21-19(24)16-7-9-17(10-8-16)22-11-13-23(2,3)14-12-22;/h4-10H,11-14H2,1-3H3;1H. The fourth-order valence-electron chi connectivity index (χ4n) is 2.89. The number of quaternary nitrogens is 1. The van der Waals surface area contributed by atoms with Crippen molar-refractivity contribution in [3.05, 3.63) is 53.7 Å². The van der Waals surface area contributed by atoms with E-state index in [2.05, 4.69) is 29.3 Å². The molecule has 0 atom stereocenters. The van der Waals surface area contributed by atoms with Crippen LogP contribution in [0.1, 0.15) is 16.1 Å². The number of benzene rings is 1. The Balaban J connectivity index is 0.00000225. The zero-order chi connectivity index (χ0) is 17.2. The average molecular weight is 452 g/mol. The summed E-state index contributed by atoms with van der Waals surface area (Å²) in [6.45, 7) is 6.28. The van der Waals surface area contributed by atoms with Gasteiger partial charge in [0.2, 0.25) is 0 Å². The molecule has 1 aliphatic heterocycles. The van der Waals surface area contributed by atoms with Crippen LogP contribution in [0.5, 0.6) is 0 Å². The third-order valence-electron chi connectivity index (χ3n) is 4.58. The lowest BCUT2D eigenvalue weighted by molar-refractivity contribution is -0.890. The highest BCUT2D eigenvalue weighted by Crippen LogP contribution is 2.19. The summed E-state index contributed by atoms with van der Waals surface area (Å²) in [6.07, 6.45) is 0. The number of nitrogens with zero attached hydrogens (tertiary/aromatic N) is 3. The Morgan fingerprint density at radius 1 is 1.08 bits per heavy atom. The highest BCUT2D eigenvalue weighted by atomic mass is 127. The van der Waals surface area contributed by atoms with Gasteiger partial charge >= 0.3 is 0 Å². The molecular formula is C19H25IN4O. The van der Waals surface area contributed by atoms with Gasteiger partial charge in [-0.25, -0.2) is 4.98 Å². The van der Waals surface area contributed by atoms with Gasteiger partial charge in [-0.15, -0.1) is 0 Å². The number of likely N-dealkylation sites (N-methyl/N-ethyl adjacent to an activating group) is 1. The Bertz CT molecular complexity index is 720. The van der Waals surface area contributed by atoms with E-state index in [1.807, 2.05) is 43.3 Å². The lowest BCUT2D eigenvalue weighted by Gasteiger charge is -2.40. The summed E-state index contributed by atoms with van der Waals surface area (Å²) < 4.78 is 1.07. The lowest BCUT2D eigenvalue weighted by atomic mass is 10.1. The van der Waals surface area contributed by atoms with Gasteiger partial charge < -0.3 is 38.7 Å². The molecule has 0 unspecified atom stereocenters. The molecule has 134 valence electrons. The minimum atomic E-state index is -0.129. The van der Waals surface area contributed by atoms with Gasteiger partial charge in [-0.3, -0.25) is 4.79 Å². The Kier molecular flexibility index (Phi) is 6.40. The summed E-state index contributed by atoms with van der Waals surface area (Å²) in [5.74, 6) is 0.455. The Morgan fingerprint density at radius 3 is 2.32 bits per heavy atom. The molecule has 0 aliphatic carbocycles. The first kappa shape index (κ1) is 19.7. The van der Waals surface area contributed by atoms with Gasteiger partial charge in [-0.1, -0.05) is 6.07 Å². The van der Waals surface area contributed by atoms with Gasteiger partial charge in [0.25, 0.3) is 5.91 Å². The zero-order valence-electron chi connectivity index (χ0n) is 15.0. The predicted octanol–water partition coefficient (Wildman–Crippen LogP) is -0.457. The van der Waals surface area contributed by atoms with E-state index in [-0.39, 0.29) is 29.9 Å². The van der Waals surface area contributed by atoms with E-state index >= 15 is 0 Å². The van der Waals surface area contributed by atoms with Gasteiger partial charge in [0.15, 0.2) is 0 Å². The number of aromatic nitrogens is 1. The van der Waals surface area contributed by atoms with Crippen LogP contribution in [-0.4, -0.2) is 55.6 Å². The maximum atomic E-state index is 12.3. The summed E-state index contributed by atoms with van der Waals surface area (Å²) >= 11 is 0. The SMILES string of the molecule is Cc1cccc(NC(=O)c2ccc(N3CC[N+](C)(C)CC3)cc2)n1.[I-]. The normalized spacial score (nSPS) is 16.0. The van der Waals surface area contributed by atoms with Crippen LogP contribution in [0.4, 0.5) is 11.5 Å². The van der Waals surface area contributed by atoms with Crippen molar-refractivity contribution >= 4 is 17.4 Å². The number of aryl methyl sites for hydroxylation is 1. The van der Waals surface area contributed by atoms with Crippen molar-refractivity contribution < 1.29 is 33.3 Å². The molecule has 1 N–H and O–H groups in total. The highest BCUT2D eigenvalue weighted by molar-refractivity contribution is 6.03. The summed E-state index contributed by atoms with van der Waals surface area (Å²) in [7, 11) is 4.54. The number of nitrogens with one attached hydrogen (secondary N) is 1. The molecule has 2 aromatic rings. The molecule has 1 fully saturated rings. The van der Waals surface area contributed by atoms with Crippen LogP contribution < -0.4 is 34.2 Å². The molecular weight excluding hydrogens is 427 g/mol. The van der Waals surface area contributed by atoms with Crippen LogP contribution in [0, 0.1) is 6.92 Å². The second kappa shape index (κ2) is 8.14. The number of amides is 1. The second-order valence-corrected chi connectivity index (χ2v) is 7.04. The largest absolute Gasteiger partial charge is 1.00 e. The molecule has 3 rings (SSSR count). The van der Waals surface area contributed by atoms with E-state index in [1.54, 1.807) is 6.07 Å². The van der Waals surface area contributed by atoms with Crippen molar-refractivity contribution in [2.24, 2.45) is 0 Å². The number of carbonyl (C=O) groups is 1. The lowest BCUT2D eigenvalue weighted by Crippen LogP contribution is -3.00. The van der Waals surface area contributed by atoms with Gasteiger partial charge in [-0.2, -0.15) is 0 Å². The number of hydrogen-bond acceptors (Lipinski definition) is 3. The van der Waals surface area contributed by atoms with Crippen LogP contribution >= 0.6 is 0 Å². The number of halogens is 1. The molecule has 6 heteroatoms. The molecule has 25 heavy (non-hydrogen) atoms. The van der Waals surface area contributed by atoms with E-state index in [4.69, 9.17) is 0 Å². The first-order chi connectivity index (χ1) is 11.4. The van der Waals surface area contributed by atoms with Gasteiger partial charge in [0, 0.05) is 16.9 Å². The summed E-state index contributed by atoms with van der Waals surface area (Å²) in [6, 6.07) is 13.4. The molecule has 1 saturated heterocycles. The quantitative estimate of drug-likeness (QED) is 0.507. The molecule has 2 heterocycles. The van der Waals surface area contributed by atoms with E-state index < -0.39 is 0 Å². The predicted molar refractivity (Wildman–Crippen MR) is 97.4 cm³/mol. The molecule has 0 spiro atoms. The first-order valence-electron chi connectivity index (χ1n) is 8.35. The summed E-state index contributed by atoms with van der Waals surface area (Å²) in [5, 5.41) is 2.84. The number of rotatable bonds is 3. The maximum Gasteiger partial charge on any atom is 0.256 e. The van der Waals surface area contributed by atoms with Crippen LogP contribution in [0.25, 0.3) is 0 Å². The van der Waals surface area contributed by atoms with Gasteiger partial charge in [-0.05, 0) is 43.3 Å². The van der Waals surface area contributed by atoms with E-state index in [0.717, 1.165) is 36.4 Å². The van der Waals surface area contributed by atoms with Crippen molar-refractivity contribution in [2.45, 2.75) is 6.92 Å². The van der Waals surface area contributed by atoms with Crippen molar-refractivity contribution in [1.29, 1.82) is 0 Å². The molecule has 5 nitrogen and oxygen atoms in total. The van der Waals surface area contributed by atoms with Crippen LogP contribution in [0.15, 0.2) is 42.5 Å². The van der Waals surface area contributed by atoms with Gasteiger partial charge in [0.1, 0.15) is 5.82 Å². The Labute approximate surface area is 166 Å². The summed E-state index contributed by atoms with van der Waals surface area (Å²) in [4.78, 5) is 19.0. The van der Waals surface area contributed by atoms with E-state index in [0.29, 0.717) is 11.4 Å². The van der Waals surface area contributed by atoms with Crippen LogP contribution in [0.3, 0.4) is 0 Å². The number of anilines is 2. The minimum absolute atomic E-state index is 0. The van der Waals surface area contributed by atoms with Crippen molar-refractivity contribution in [2.75, 3.05) is 50.5 Å². The molecule has 0 radical (unpaired) electrons. The van der Waals surface area contributed by atoms with Crippen LogP contribution in [-0.2, 0) is 0 Å². The average Bonchev–Trinajstić information content (AvgIpc) is 2.55. The second-order valence-electron chi connectivity index (χ2n) is 7.04. The number of pyridine rings is 1. The fraction of sp³-hybridized carbons (Fsp3) is 0.368. The smallest absolute Gasteiger partial charge is 0.256 e. The number of piperazine rings is 1. The fourth-order valence-corrected chi connectivity index (χ4v) is 2.89. The molecule has 1 aromatic heterocycles. The molecule has 1 amide bonds. The van der Waals surface area contributed by atoms with E-state index in [9.17, 15) is 4.79 Å². The highest BCUT2D eigenvalue weighted by Gasteiger charge is 2.24. The first-order valence-corrected chi connectivity index (χ1v) is 8.35. The minimum Gasteiger partial charge on any atom is -1.00 e. The molecule has 0 bridgehead atoms. The van der Waals surface area contributed by atoms with E-state index in [1.165, 1.54) is 5.69 Å². The van der Waals surface area contributed by atoms with Crippen LogP contribution in [0.2, 0.25) is 0 Å². The van der Waals surface area contributed by atoms with Crippen molar-refractivity contribution in [3.8, 4) is 0 Å².